The van der Waals surface area contributed by atoms with Crippen LogP contribution in [0.3, 0.4) is 0 Å². The van der Waals surface area contributed by atoms with Gasteiger partial charge in [0.05, 0.1) is 4.88 Å². The number of rotatable bonds is 1. The first-order chi connectivity index (χ1) is 11.0. The summed E-state index contributed by atoms with van der Waals surface area (Å²) in [5, 5.41) is 1.97. The predicted octanol–water partition coefficient (Wildman–Crippen LogP) is 5.39. The second-order valence-corrected chi connectivity index (χ2v) is 7.71. The molecular formula is C20H27NOS. The smallest absolute Gasteiger partial charge is 0.264 e. The average molecular weight is 330 g/mol. The predicted molar refractivity (Wildman–Crippen MR) is 98.9 cm³/mol. The first-order valence-electron chi connectivity index (χ1n) is 8.38. The Morgan fingerprint density at radius 3 is 2.30 bits per heavy atom. The van der Waals surface area contributed by atoms with Crippen LogP contribution in [-0.2, 0) is 13.0 Å². The largest absolute Gasteiger partial charge is 0.330 e. The van der Waals surface area contributed by atoms with Crippen molar-refractivity contribution in [1.82, 2.24) is 4.90 Å². The van der Waals surface area contributed by atoms with E-state index in [4.69, 9.17) is 0 Å². The number of nitrogens with zero attached hydrogens (tertiary/aromatic N) is 1. The van der Waals surface area contributed by atoms with E-state index in [1.807, 2.05) is 31.4 Å². The van der Waals surface area contributed by atoms with E-state index in [-0.39, 0.29) is 17.4 Å². The lowest BCUT2D eigenvalue weighted by atomic mass is 9.78. The number of carbonyl (C=O) groups is 1. The van der Waals surface area contributed by atoms with Crippen molar-refractivity contribution in [2.24, 2.45) is 5.41 Å². The zero-order chi connectivity index (χ0) is 17.0. The number of hydrogen-bond acceptors (Lipinski definition) is 2. The molecule has 0 spiro atoms. The van der Waals surface area contributed by atoms with E-state index in [2.05, 4.69) is 49.9 Å². The summed E-state index contributed by atoms with van der Waals surface area (Å²) in [6, 6.07) is 12.6. The summed E-state index contributed by atoms with van der Waals surface area (Å²) in [5.74, 6) is 0.166. The molecule has 2 heterocycles. The van der Waals surface area contributed by atoms with E-state index < -0.39 is 0 Å². The third-order valence-corrected chi connectivity index (χ3v) is 5.10. The van der Waals surface area contributed by atoms with Crippen molar-refractivity contribution in [1.29, 1.82) is 0 Å². The van der Waals surface area contributed by atoms with Gasteiger partial charge < -0.3 is 4.90 Å². The highest BCUT2D eigenvalue weighted by Gasteiger charge is 2.37. The van der Waals surface area contributed by atoms with E-state index in [1.54, 1.807) is 0 Å². The SMILES string of the molecule is CC.CC(C)(C)C1Cc2ccccc2CN1C(=O)c1cccs1. The van der Waals surface area contributed by atoms with Crippen LogP contribution in [0, 0.1) is 5.41 Å². The Labute approximate surface area is 144 Å². The molecule has 2 nitrogen and oxygen atoms in total. The quantitative estimate of drug-likeness (QED) is 0.687. The summed E-state index contributed by atoms with van der Waals surface area (Å²) in [6.45, 7) is 11.4. The number of amides is 1. The van der Waals surface area contributed by atoms with E-state index in [9.17, 15) is 4.79 Å². The Morgan fingerprint density at radius 2 is 1.74 bits per heavy atom. The molecule has 3 heteroatoms. The molecule has 1 aliphatic heterocycles. The van der Waals surface area contributed by atoms with Crippen molar-refractivity contribution < 1.29 is 4.79 Å². The summed E-state index contributed by atoms with van der Waals surface area (Å²) in [6.07, 6.45) is 0.941. The molecule has 0 aliphatic carbocycles. The zero-order valence-corrected chi connectivity index (χ0v) is 15.6. The van der Waals surface area contributed by atoms with E-state index in [0.717, 1.165) is 17.8 Å². The number of fused-ring (bicyclic) bond motifs is 1. The molecule has 124 valence electrons. The van der Waals surface area contributed by atoms with Gasteiger partial charge in [0.1, 0.15) is 0 Å². The Balaban J connectivity index is 0.000000924. The van der Waals surface area contributed by atoms with Crippen LogP contribution in [0.5, 0.6) is 0 Å². The number of thiophene rings is 1. The van der Waals surface area contributed by atoms with Gasteiger partial charge in [-0.2, -0.15) is 0 Å². The van der Waals surface area contributed by atoms with Crippen molar-refractivity contribution in [3.63, 3.8) is 0 Å². The minimum atomic E-state index is 0.0699. The summed E-state index contributed by atoms with van der Waals surface area (Å²) in [4.78, 5) is 15.8. The molecule has 1 atom stereocenters. The fourth-order valence-electron chi connectivity index (χ4n) is 3.05. The first kappa shape index (κ1) is 17.7. The molecule has 1 aromatic heterocycles. The lowest BCUT2D eigenvalue weighted by Gasteiger charge is -2.44. The van der Waals surface area contributed by atoms with Crippen LogP contribution >= 0.6 is 11.3 Å². The molecule has 23 heavy (non-hydrogen) atoms. The maximum absolute atomic E-state index is 12.9. The second kappa shape index (κ2) is 7.31. The minimum absolute atomic E-state index is 0.0699. The Kier molecular flexibility index (Phi) is 5.64. The number of benzene rings is 1. The van der Waals surface area contributed by atoms with E-state index >= 15 is 0 Å². The van der Waals surface area contributed by atoms with Gasteiger partial charge in [0.25, 0.3) is 5.91 Å². The molecule has 1 amide bonds. The van der Waals surface area contributed by atoms with Crippen LogP contribution in [0.4, 0.5) is 0 Å². The van der Waals surface area contributed by atoms with Gasteiger partial charge in [0.2, 0.25) is 0 Å². The highest BCUT2D eigenvalue weighted by molar-refractivity contribution is 7.12. The van der Waals surface area contributed by atoms with Gasteiger partial charge in [0, 0.05) is 12.6 Å². The topological polar surface area (TPSA) is 20.3 Å². The molecule has 3 rings (SSSR count). The van der Waals surface area contributed by atoms with Crippen LogP contribution in [0.1, 0.15) is 55.4 Å². The van der Waals surface area contributed by atoms with Gasteiger partial charge in [0.15, 0.2) is 0 Å². The molecule has 0 N–H and O–H groups in total. The molecule has 0 radical (unpaired) electrons. The number of hydrogen-bond donors (Lipinski definition) is 0. The third-order valence-electron chi connectivity index (χ3n) is 4.24. The van der Waals surface area contributed by atoms with Crippen LogP contribution in [0.25, 0.3) is 0 Å². The molecule has 0 bridgehead atoms. The molecule has 2 aromatic rings. The van der Waals surface area contributed by atoms with Crippen molar-refractivity contribution in [2.75, 3.05) is 0 Å². The average Bonchev–Trinajstić information content (AvgIpc) is 3.08. The summed E-state index contributed by atoms with van der Waals surface area (Å²) < 4.78 is 0. The number of carbonyl (C=O) groups excluding carboxylic acids is 1. The molecule has 1 unspecified atom stereocenters. The van der Waals surface area contributed by atoms with Crippen LogP contribution < -0.4 is 0 Å². The summed E-state index contributed by atoms with van der Waals surface area (Å²) >= 11 is 1.53. The molecule has 0 saturated heterocycles. The van der Waals surface area contributed by atoms with Crippen molar-refractivity contribution in [3.05, 3.63) is 57.8 Å². The van der Waals surface area contributed by atoms with Crippen LogP contribution in [-0.4, -0.2) is 16.8 Å². The second-order valence-electron chi connectivity index (χ2n) is 6.77. The molecule has 1 aliphatic rings. The Bertz CT molecular complexity index is 640. The van der Waals surface area contributed by atoms with Gasteiger partial charge in [-0.05, 0) is 34.4 Å². The van der Waals surface area contributed by atoms with Crippen molar-refractivity contribution >= 4 is 17.2 Å². The maximum atomic E-state index is 12.9. The third kappa shape index (κ3) is 3.84. The lowest BCUT2D eigenvalue weighted by molar-refractivity contribution is 0.0459. The molecule has 1 aromatic carbocycles. The molecule has 0 saturated carbocycles. The fourth-order valence-corrected chi connectivity index (χ4v) is 3.73. The van der Waals surface area contributed by atoms with Gasteiger partial charge in [-0.25, -0.2) is 0 Å². The highest BCUT2D eigenvalue weighted by Crippen LogP contribution is 2.35. The van der Waals surface area contributed by atoms with E-state index in [0.29, 0.717) is 0 Å². The Morgan fingerprint density at radius 1 is 1.09 bits per heavy atom. The molecular weight excluding hydrogens is 302 g/mol. The molecule has 0 fully saturated rings. The monoisotopic (exact) mass is 329 g/mol. The van der Waals surface area contributed by atoms with Crippen LogP contribution in [0.2, 0.25) is 0 Å². The van der Waals surface area contributed by atoms with Gasteiger partial charge in [-0.15, -0.1) is 11.3 Å². The van der Waals surface area contributed by atoms with Crippen LogP contribution in [0.15, 0.2) is 41.8 Å². The van der Waals surface area contributed by atoms with Crippen molar-refractivity contribution in [3.8, 4) is 0 Å². The standard InChI is InChI=1S/C18H21NOS.C2H6/c1-18(2,3)16-11-13-7-4-5-8-14(13)12-19(16)17(20)15-9-6-10-21-15;1-2/h4-10,16H,11-12H2,1-3H3;1-2H3. The zero-order valence-electron chi connectivity index (χ0n) is 14.8. The van der Waals surface area contributed by atoms with Crippen molar-refractivity contribution in [2.45, 2.75) is 53.6 Å². The summed E-state index contributed by atoms with van der Waals surface area (Å²) in [7, 11) is 0. The lowest BCUT2D eigenvalue weighted by Crippen LogP contribution is -2.50. The summed E-state index contributed by atoms with van der Waals surface area (Å²) in [5.41, 5.74) is 2.73. The normalized spacial score (nSPS) is 17.1. The van der Waals surface area contributed by atoms with Gasteiger partial charge >= 0.3 is 0 Å². The Hall–Kier alpha value is -1.61. The fraction of sp³-hybridized carbons (Fsp3) is 0.450. The minimum Gasteiger partial charge on any atom is -0.330 e. The maximum Gasteiger partial charge on any atom is 0.264 e. The highest BCUT2D eigenvalue weighted by atomic mass is 32.1. The van der Waals surface area contributed by atoms with Gasteiger partial charge in [-0.1, -0.05) is 65.0 Å². The van der Waals surface area contributed by atoms with E-state index in [1.165, 1.54) is 22.5 Å². The van der Waals surface area contributed by atoms with Gasteiger partial charge in [-0.3, -0.25) is 4.79 Å². The first-order valence-corrected chi connectivity index (χ1v) is 9.26.